The second-order valence-corrected chi connectivity index (χ2v) is 13.4. The summed E-state index contributed by atoms with van der Waals surface area (Å²) in [6.07, 6.45) is 7.87. The molecule has 1 aromatic heterocycles. The SMILES string of the molecule is CNCc1cccc2c1OCCCCCCCCC(C)(C)S(=O)(=O)c1ccc(cc1)-c1cnc(N)c(n1)C(=O)N2. The van der Waals surface area contributed by atoms with Gasteiger partial charge in [-0.25, -0.2) is 18.4 Å². The van der Waals surface area contributed by atoms with E-state index in [1.54, 1.807) is 44.2 Å². The van der Waals surface area contributed by atoms with Gasteiger partial charge in [0.1, 0.15) is 5.75 Å². The van der Waals surface area contributed by atoms with Crippen molar-refractivity contribution in [3.8, 4) is 17.0 Å². The van der Waals surface area contributed by atoms with Gasteiger partial charge in [0, 0.05) is 17.7 Å². The number of nitrogen functional groups attached to an aromatic ring is 1. The summed E-state index contributed by atoms with van der Waals surface area (Å²) in [6, 6.07) is 12.2. The number of fused-ring (bicyclic) bond motifs is 13. The topological polar surface area (TPSA) is 136 Å². The maximum atomic E-state index is 13.4. The van der Waals surface area contributed by atoms with Gasteiger partial charge in [-0.3, -0.25) is 4.79 Å². The maximum Gasteiger partial charge on any atom is 0.278 e. The highest BCUT2D eigenvalue weighted by molar-refractivity contribution is 7.92. The Hall–Kier alpha value is -3.50. The number of hydrogen-bond acceptors (Lipinski definition) is 8. The van der Waals surface area contributed by atoms with Crippen LogP contribution >= 0.6 is 0 Å². The summed E-state index contributed by atoms with van der Waals surface area (Å²) in [5, 5.41) is 6.05. The fraction of sp³-hybridized carbons (Fsp3) is 0.433. The van der Waals surface area contributed by atoms with Gasteiger partial charge in [0.05, 0.1) is 33.8 Å². The minimum absolute atomic E-state index is 0.00879. The van der Waals surface area contributed by atoms with Crippen LogP contribution in [0, 0.1) is 0 Å². The molecule has 0 spiro atoms. The molecule has 5 rings (SSSR count). The number of para-hydroxylation sites is 1. The Morgan fingerprint density at radius 2 is 1.73 bits per heavy atom. The van der Waals surface area contributed by atoms with Gasteiger partial charge in [-0.1, -0.05) is 56.4 Å². The second-order valence-electron chi connectivity index (χ2n) is 10.8. The van der Waals surface area contributed by atoms with Crippen LogP contribution in [-0.4, -0.2) is 42.7 Å². The Bertz CT molecular complexity index is 1440. The molecule has 0 atom stereocenters. The zero-order chi connectivity index (χ0) is 28.8. The van der Waals surface area contributed by atoms with Gasteiger partial charge in [0.15, 0.2) is 21.3 Å². The molecule has 0 radical (unpaired) electrons. The number of carbonyl (C=O) groups is 1. The Morgan fingerprint density at radius 3 is 2.45 bits per heavy atom. The number of nitrogens with zero attached hydrogens (tertiary/aromatic N) is 2. The quantitative estimate of drug-likeness (QED) is 0.377. The van der Waals surface area contributed by atoms with E-state index < -0.39 is 20.5 Å². The van der Waals surface area contributed by atoms with Gasteiger partial charge in [-0.2, -0.15) is 0 Å². The maximum absolute atomic E-state index is 13.4. The van der Waals surface area contributed by atoms with Crippen LogP contribution in [0.1, 0.15) is 74.8 Å². The first kappa shape index (κ1) is 29.5. The van der Waals surface area contributed by atoms with E-state index in [2.05, 4.69) is 20.6 Å². The summed E-state index contributed by atoms with van der Waals surface area (Å²) >= 11 is 0. The zero-order valence-electron chi connectivity index (χ0n) is 23.5. The van der Waals surface area contributed by atoms with Crippen molar-refractivity contribution < 1.29 is 17.9 Å². The molecule has 0 unspecified atom stereocenters. The molecule has 2 aliphatic heterocycles. The van der Waals surface area contributed by atoms with Crippen LogP contribution in [0.3, 0.4) is 0 Å². The van der Waals surface area contributed by atoms with Crippen LogP contribution in [0.5, 0.6) is 5.75 Å². The van der Waals surface area contributed by atoms with Gasteiger partial charge in [-0.05, 0) is 51.9 Å². The van der Waals surface area contributed by atoms with Gasteiger partial charge in [-0.15, -0.1) is 0 Å². The molecule has 2 aliphatic rings. The van der Waals surface area contributed by atoms with Crippen molar-refractivity contribution in [2.45, 2.75) is 75.0 Å². The molecule has 0 saturated heterocycles. The number of aromatic nitrogens is 2. The average Bonchev–Trinajstić information content (AvgIpc) is 2.93. The number of ether oxygens (including phenoxy) is 1. The van der Waals surface area contributed by atoms with E-state index in [9.17, 15) is 13.2 Å². The largest absolute Gasteiger partial charge is 0.491 e. The minimum atomic E-state index is -3.54. The summed E-state index contributed by atoms with van der Waals surface area (Å²) in [7, 11) is -1.68. The Balaban J connectivity index is 1.70. The van der Waals surface area contributed by atoms with Crippen LogP contribution in [0.15, 0.2) is 53.6 Å². The number of anilines is 2. The van der Waals surface area contributed by atoms with Crippen molar-refractivity contribution in [2.24, 2.45) is 0 Å². The van der Waals surface area contributed by atoms with Crippen LogP contribution in [0.2, 0.25) is 0 Å². The molecule has 0 aliphatic carbocycles. The predicted molar refractivity (Wildman–Crippen MR) is 158 cm³/mol. The molecule has 4 bridgehead atoms. The Morgan fingerprint density at radius 1 is 1.02 bits per heavy atom. The van der Waals surface area contributed by atoms with Crippen LogP contribution in [-0.2, 0) is 16.4 Å². The molecule has 3 aromatic rings. The third-order valence-electron chi connectivity index (χ3n) is 7.34. The van der Waals surface area contributed by atoms with Crippen molar-refractivity contribution in [3.05, 3.63) is 59.9 Å². The molecule has 9 nitrogen and oxygen atoms in total. The molecule has 40 heavy (non-hydrogen) atoms. The standard InChI is InChI=1S/C30H39N5O4S/c1-30(2)17-8-6-4-5-7-9-18-39-27-22(19-32-3)11-10-12-24(27)35-29(36)26-28(31)33-20-25(34-26)21-13-15-23(16-14-21)40(30,37)38/h10-16,20,32H,4-9,17-19H2,1-3H3,(H2,31,33)(H,35,36). The molecule has 10 heteroatoms. The Kier molecular flexibility index (Phi) is 9.42. The summed E-state index contributed by atoms with van der Waals surface area (Å²) in [5.41, 5.74) is 8.53. The third kappa shape index (κ3) is 6.62. The Labute approximate surface area is 236 Å². The zero-order valence-corrected chi connectivity index (χ0v) is 24.3. The van der Waals surface area contributed by atoms with E-state index in [4.69, 9.17) is 10.5 Å². The van der Waals surface area contributed by atoms with Crippen molar-refractivity contribution in [1.82, 2.24) is 15.3 Å². The van der Waals surface area contributed by atoms with Gasteiger partial charge < -0.3 is 21.1 Å². The second kappa shape index (κ2) is 12.8. The fourth-order valence-electron chi connectivity index (χ4n) is 4.86. The summed E-state index contributed by atoms with van der Waals surface area (Å²) in [4.78, 5) is 22.3. The monoisotopic (exact) mass is 565 g/mol. The number of carbonyl (C=O) groups excluding carboxylic acids is 1. The van der Waals surface area contributed by atoms with Crippen molar-refractivity contribution in [1.29, 1.82) is 0 Å². The fourth-order valence-corrected chi connectivity index (χ4v) is 6.41. The van der Waals surface area contributed by atoms with Crippen LogP contribution in [0.4, 0.5) is 11.5 Å². The number of rotatable bonds is 2. The molecule has 1 amide bonds. The lowest BCUT2D eigenvalue weighted by atomic mass is 10.0. The van der Waals surface area contributed by atoms with E-state index >= 15 is 0 Å². The van der Waals surface area contributed by atoms with Crippen LogP contribution in [0.25, 0.3) is 11.3 Å². The number of hydrogen-bond donors (Lipinski definition) is 3. The predicted octanol–water partition coefficient (Wildman–Crippen LogP) is 5.37. The van der Waals surface area contributed by atoms with E-state index in [0.717, 1.165) is 44.1 Å². The number of sulfone groups is 1. The molecule has 4 N–H and O–H groups in total. The molecule has 0 fully saturated rings. The van der Waals surface area contributed by atoms with Gasteiger partial charge >= 0.3 is 0 Å². The lowest BCUT2D eigenvalue weighted by molar-refractivity contribution is 0.102. The molecule has 3 heterocycles. The van der Waals surface area contributed by atoms with Gasteiger partial charge in [0.2, 0.25) is 0 Å². The normalized spacial score (nSPS) is 17.9. The smallest absolute Gasteiger partial charge is 0.278 e. The average molecular weight is 566 g/mol. The van der Waals surface area contributed by atoms with E-state index in [1.165, 1.54) is 6.20 Å². The number of nitrogens with two attached hydrogens (primary N) is 1. The highest BCUT2D eigenvalue weighted by atomic mass is 32.2. The first-order valence-corrected chi connectivity index (χ1v) is 15.3. The summed E-state index contributed by atoms with van der Waals surface area (Å²) in [6.45, 7) is 4.69. The van der Waals surface area contributed by atoms with Crippen LogP contribution < -0.4 is 21.1 Å². The number of amides is 1. The summed E-state index contributed by atoms with van der Waals surface area (Å²) in [5.74, 6) is 0.0981. The first-order chi connectivity index (χ1) is 19.1. The van der Waals surface area contributed by atoms with Gasteiger partial charge in [0.25, 0.3) is 5.91 Å². The van der Waals surface area contributed by atoms with Crippen molar-refractivity contribution in [3.63, 3.8) is 0 Å². The van der Waals surface area contributed by atoms with Crippen molar-refractivity contribution >= 4 is 27.2 Å². The first-order valence-electron chi connectivity index (χ1n) is 13.8. The highest BCUT2D eigenvalue weighted by Crippen LogP contribution is 2.33. The number of nitrogens with one attached hydrogen (secondary N) is 2. The lowest BCUT2D eigenvalue weighted by Gasteiger charge is -2.25. The van der Waals surface area contributed by atoms with E-state index in [1.807, 2.05) is 19.2 Å². The summed E-state index contributed by atoms with van der Waals surface area (Å²) < 4.78 is 32.2. The van der Waals surface area contributed by atoms with E-state index in [-0.39, 0.29) is 16.4 Å². The number of benzene rings is 2. The highest BCUT2D eigenvalue weighted by Gasteiger charge is 2.35. The molecule has 2 aromatic carbocycles. The molecular weight excluding hydrogens is 526 g/mol. The molecule has 0 saturated carbocycles. The minimum Gasteiger partial charge on any atom is -0.491 e. The molecule has 214 valence electrons. The third-order valence-corrected chi connectivity index (χ3v) is 9.89. The molecular formula is C30H39N5O4S. The van der Waals surface area contributed by atoms with Crippen molar-refractivity contribution in [2.75, 3.05) is 24.7 Å². The van der Waals surface area contributed by atoms with E-state index in [0.29, 0.717) is 42.3 Å². The lowest BCUT2D eigenvalue weighted by Crippen LogP contribution is -2.31.